The van der Waals surface area contributed by atoms with Crippen molar-refractivity contribution in [1.82, 2.24) is 0 Å². The molecule has 0 atom stereocenters. The van der Waals surface area contributed by atoms with Crippen LogP contribution < -0.4 is 0 Å². The molecule has 0 unspecified atom stereocenters. The SMILES string of the molecule is CC/C=C\C/C=C\C/C=C\CCCCCCCC(=O)O.CCCCCCCCCC[N+](C)(C)CCCCCCCCCC. The first kappa shape index (κ1) is 43.8. The van der Waals surface area contributed by atoms with Crippen molar-refractivity contribution >= 4 is 5.97 Å². The second kappa shape index (κ2) is 36.8. The number of carboxylic acids is 1. The summed E-state index contributed by atoms with van der Waals surface area (Å²) in [7, 11) is 4.87. The molecule has 0 aliphatic rings. The number of quaternary nitrogens is 1. The third-order valence-electron chi connectivity index (χ3n) is 8.28. The van der Waals surface area contributed by atoms with E-state index >= 15 is 0 Å². The van der Waals surface area contributed by atoms with Crippen LogP contribution in [0.15, 0.2) is 36.5 Å². The van der Waals surface area contributed by atoms with Gasteiger partial charge < -0.3 is 9.59 Å². The summed E-state index contributed by atoms with van der Waals surface area (Å²) in [6, 6.07) is 0. The van der Waals surface area contributed by atoms with E-state index in [1.165, 1.54) is 133 Å². The van der Waals surface area contributed by atoms with Gasteiger partial charge in [-0.25, -0.2) is 0 Å². The summed E-state index contributed by atoms with van der Waals surface area (Å²) in [4.78, 5) is 10.3. The van der Waals surface area contributed by atoms with Crippen LogP contribution in [0.1, 0.15) is 188 Å². The predicted molar refractivity (Wildman–Crippen MR) is 194 cm³/mol. The van der Waals surface area contributed by atoms with Gasteiger partial charge in [0.2, 0.25) is 0 Å². The van der Waals surface area contributed by atoms with Crippen molar-refractivity contribution in [3.05, 3.63) is 36.5 Å². The number of aliphatic carboxylic acids is 1. The van der Waals surface area contributed by atoms with E-state index in [1.807, 2.05) is 0 Å². The number of hydrogen-bond acceptors (Lipinski definition) is 1. The first-order valence-electron chi connectivity index (χ1n) is 18.9. The summed E-state index contributed by atoms with van der Waals surface area (Å²) >= 11 is 0. The molecule has 3 heteroatoms. The van der Waals surface area contributed by atoms with Gasteiger partial charge in [0.15, 0.2) is 0 Å². The van der Waals surface area contributed by atoms with Gasteiger partial charge in [-0.15, -0.1) is 0 Å². The highest BCUT2D eigenvalue weighted by Crippen LogP contribution is 2.13. The van der Waals surface area contributed by atoms with Crippen LogP contribution in [0.5, 0.6) is 0 Å². The Labute approximate surface area is 271 Å². The number of hydrogen-bond donors (Lipinski definition) is 1. The third-order valence-corrected chi connectivity index (χ3v) is 8.28. The Hall–Kier alpha value is -1.35. The first-order chi connectivity index (χ1) is 20.9. The lowest BCUT2D eigenvalue weighted by Gasteiger charge is -2.30. The molecule has 0 aromatic carbocycles. The number of nitrogens with zero attached hydrogens (tertiary/aromatic N) is 1. The molecule has 0 aliphatic carbocycles. The van der Waals surface area contributed by atoms with Crippen LogP contribution in [0, 0.1) is 0 Å². The van der Waals surface area contributed by atoms with Crippen molar-refractivity contribution in [2.75, 3.05) is 27.2 Å². The Bertz CT molecular complexity index is 612. The van der Waals surface area contributed by atoms with E-state index in [4.69, 9.17) is 5.11 Å². The Morgan fingerprint density at radius 1 is 0.488 bits per heavy atom. The quantitative estimate of drug-likeness (QED) is 0.0485. The van der Waals surface area contributed by atoms with Crippen LogP contribution in [0.4, 0.5) is 0 Å². The molecule has 43 heavy (non-hydrogen) atoms. The molecule has 0 radical (unpaired) electrons. The van der Waals surface area contributed by atoms with Crippen molar-refractivity contribution in [3.8, 4) is 0 Å². The Morgan fingerprint density at radius 2 is 0.860 bits per heavy atom. The zero-order chi connectivity index (χ0) is 32.1. The number of carboxylic acid groups (broad SMARTS) is 1. The summed E-state index contributed by atoms with van der Waals surface area (Å²) in [5, 5.41) is 8.50. The average Bonchev–Trinajstić information content (AvgIpc) is 2.98. The molecule has 0 spiro atoms. The van der Waals surface area contributed by atoms with Gasteiger partial charge in [0.25, 0.3) is 0 Å². The van der Waals surface area contributed by atoms with Gasteiger partial charge in [-0.2, -0.15) is 0 Å². The van der Waals surface area contributed by atoms with Crippen LogP contribution in [0.25, 0.3) is 0 Å². The largest absolute Gasteiger partial charge is 0.481 e. The monoisotopic (exact) mass is 605 g/mol. The van der Waals surface area contributed by atoms with Gasteiger partial charge in [-0.3, -0.25) is 4.79 Å². The van der Waals surface area contributed by atoms with E-state index in [0.29, 0.717) is 6.42 Å². The van der Waals surface area contributed by atoms with Gasteiger partial charge in [0, 0.05) is 6.42 Å². The highest BCUT2D eigenvalue weighted by molar-refractivity contribution is 5.66. The maximum atomic E-state index is 10.3. The van der Waals surface area contributed by atoms with Crippen LogP contribution in [0.2, 0.25) is 0 Å². The van der Waals surface area contributed by atoms with E-state index < -0.39 is 5.97 Å². The number of unbranched alkanes of at least 4 members (excludes halogenated alkanes) is 19. The van der Waals surface area contributed by atoms with Crippen LogP contribution in [0.3, 0.4) is 0 Å². The molecule has 0 fully saturated rings. The normalized spacial score (nSPS) is 12.0. The summed E-state index contributed by atoms with van der Waals surface area (Å²) in [6.45, 7) is 9.50. The molecular weight excluding hydrogens is 526 g/mol. The minimum Gasteiger partial charge on any atom is -0.481 e. The van der Waals surface area contributed by atoms with Gasteiger partial charge in [0.05, 0.1) is 27.2 Å². The first-order valence-corrected chi connectivity index (χ1v) is 18.9. The molecule has 0 saturated carbocycles. The summed E-state index contributed by atoms with van der Waals surface area (Å²) in [6.07, 6.45) is 46.4. The summed E-state index contributed by atoms with van der Waals surface area (Å²) in [5.41, 5.74) is 0. The van der Waals surface area contributed by atoms with Crippen molar-refractivity contribution < 1.29 is 14.4 Å². The van der Waals surface area contributed by atoms with E-state index in [2.05, 4.69) is 71.3 Å². The second-order valence-corrected chi connectivity index (χ2v) is 13.3. The molecule has 0 aromatic heterocycles. The zero-order valence-corrected chi connectivity index (χ0v) is 30.1. The molecule has 0 bridgehead atoms. The predicted octanol–water partition coefficient (Wildman–Crippen LogP) is 13.0. The van der Waals surface area contributed by atoms with Crippen LogP contribution in [-0.4, -0.2) is 42.7 Å². The van der Waals surface area contributed by atoms with Gasteiger partial charge >= 0.3 is 5.97 Å². The minimum absolute atomic E-state index is 0.319. The fourth-order valence-corrected chi connectivity index (χ4v) is 5.35. The van der Waals surface area contributed by atoms with E-state index in [-0.39, 0.29) is 0 Å². The molecule has 3 nitrogen and oxygen atoms in total. The molecule has 0 aliphatic heterocycles. The molecule has 0 amide bonds. The van der Waals surface area contributed by atoms with E-state index in [1.54, 1.807) is 0 Å². The second-order valence-electron chi connectivity index (χ2n) is 13.3. The highest BCUT2D eigenvalue weighted by atomic mass is 16.4. The summed E-state index contributed by atoms with van der Waals surface area (Å²) < 4.78 is 1.24. The number of allylic oxidation sites excluding steroid dienone is 6. The van der Waals surface area contributed by atoms with Crippen molar-refractivity contribution in [2.45, 2.75) is 188 Å². The van der Waals surface area contributed by atoms with E-state index in [0.717, 1.165) is 44.9 Å². The number of carbonyl (C=O) groups is 1. The molecule has 0 aromatic rings. The fraction of sp³-hybridized carbons (Fsp3) is 0.825. The topological polar surface area (TPSA) is 37.3 Å². The lowest BCUT2D eigenvalue weighted by atomic mass is 10.1. The van der Waals surface area contributed by atoms with E-state index in [9.17, 15) is 4.79 Å². The molecule has 0 rings (SSSR count). The molecular formula is C40H78NO2+. The van der Waals surface area contributed by atoms with Crippen molar-refractivity contribution in [1.29, 1.82) is 0 Å². The van der Waals surface area contributed by atoms with Crippen LogP contribution >= 0.6 is 0 Å². The van der Waals surface area contributed by atoms with Crippen molar-refractivity contribution in [3.63, 3.8) is 0 Å². The van der Waals surface area contributed by atoms with Crippen LogP contribution in [-0.2, 0) is 4.79 Å². The van der Waals surface area contributed by atoms with Gasteiger partial charge in [-0.1, -0.05) is 154 Å². The van der Waals surface area contributed by atoms with Gasteiger partial charge in [0.1, 0.15) is 0 Å². The Kier molecular flexibility index (Phi) is 37.5. The average molecular weight is 605 g/mol. The Balaban J connectivity index is 0. The molecule has 0 heterocycles. The maximum Gasteiger partial charge on any atom is 0.303 e. The van der Waals surface area contributed by atoms with Crippen molar-refractivity contribution in [2.24, 2.45) is 0 Å². The Morgan fingerprint density at radius 3 is 1.30 bits per heavy atom. The lowest BCUT2D eigenvalue weighted by molar-refractivity contribution is -0.890. The maximum absolute atomic E-state index is 10.3. The smallest absolute Gasteiger partial charge is 0.303 e. The molecule has 254 valence electrons. The standard InChI is InChI=1S/C22H48N.C18H30O2/c1-5-7-9-11-13-15-17-19-21-23(3,4)22-20-18-16-14-12-10-8-6-2;1-2-3-4-5-6-7-8-9-10-11-12-13-14-15-16-17-18(19)20/h5-22H2,1-4H3;3-4,6-7,9-10H,2,5,8,11-17H2,1H3,(H,19,20)/q+1;/b;4-3-,7-6-,10-9-. The highest BCUT2D eigenvalue weighted by Gasteiger charge is 2.13. The van der Waals surface area contributed by atoms with Gasteiger partial charge in [-0.05, 0) is 64.2 Å². The minimum atomic E-state index is -0.675. The zero-order valence-electron chi connectivity index (χ0n) is 30.1. The fourth-order valence-electron chi connectivity index (χ4n) is 5.35. The molecule has 0 saturated heterocycles. The summed E-state index contributed by atoms with van der Waals surface area (Å²) in [5.74, 6) is -0.675. The number of rotatable bonds is 31. The third kappa shape index (κ3) is 42.8. The molecule has 1 N–H and O–H groups in total. The lowest BCUT2D eigenvalue weighted by Crippen LogP contribution is -2.41.